The zero-order valence-electron chi connectivity index (χ0n) is 18.0. The lowest BCUT2D eigenvalue weighted by molar-refractivity contribution is -0.136. The first-order chi connectivity index (χ1) is 15.1. The number of alkyl halides is 3. The molecule has 2 aromatic carbocycles. The quantitative estimate of drug-likeness (QED) is 0.563. The van der Waals surface area contributed by atoms with E-state index in [0.29, 0.717) is 22.2 Å². The van der Waals surface area contributed by atoms with Crippen LogP contribution in [-0.2, 0) is 6.18 Å². The van der Waals surface area contributed by atoms with Crippen LogP contribution in [-0.4, -0.2) is 23.0 Å². The van der Waals surface area contributed by atoms with Crippen LogP contribution in [0.1, 0.15) is 48.2 Å². The van der Waals surface area contributed by atoms with Crippen molar-refractivity contribution in [2.24, 2.45) is 0 Å². The maximum absolute atomic E-state index is 13.9. The van der Waals surface area contributed by atoms with Crippen molar-refractivity contribution in [3.8, 4) is 0 Å². The van der Waals surface area contributed by atoms with Crippen LogP contribution in [0.25, 0.3) is 10.9 Å². The summed E-state index contributed by atoms with van der Waals surface area (Å²) in [7, 11) is 0. The van der Waals surface area contributed by atoms with Gasteiger partial charge >= 0.3 is 6.18 Å². The van der Waals surface area contributed by atoms with Crippen molar-refractivity contribution in [3.05, 3.63) is 69.5 Å². The summed E-state index contributed by atoms with van der Waals surface area (Å²) < 4.78 is 41.6. The number of H-pyrrole nitrogens is 1. The number of amides is 1. The van der Waals surface area contributed by atoms with Gasteiger partial charge in [0.25, 0.3) is 5.91 Å². The molecule has 0 aliphatic carbocycles. The van der Waals surface area contributed by atoms with Gasteiger partial charge in [-0.2, -0.15) is 13.2 Å². The Morgan fingerprint density at radius 1 is 1.12 bits per heavy atom. The molecular formula is C24H24F3N3O2. The highest BCUT2D eigenvalue weighted by Gasteiger charge is 2.36. The molecule has 2 atom stereocenters. The lowest BCUT2D eigenvalue weighted by Crippen LogP contribution is -2.32. The normalized spacial score (nSPS) is 18.9. The van der Waals surface area contributed by atoms with Crippen molar-refractivity contribution in [3.63, 3.8) is 0 Å². The lowest BCUT2D eigenvalue weighted by Gasteiger charge is -2.30. The molecule has 1 aliphatic rings. The summed E-state index contributed by atoms with van der Waals surface area (Å²) in [6, 6.07) is 9.38. The predicted octanol–water partition coefficient (Wildman–Crippen LogP) is 5.48. The number of hydrogen-bond donors (Lipinski definition) is 2. The molecule has 0 unspecified atom stereocenters. The minimum atomic E-state index is -4.67. The van der Waals surface area contributed by atoms with Gasteiger partial charge < -0.3 is 15.2 Å². The largest absolute Gasteiger partial charge is 0.418 e. The summed E-state index contributed by atoms with van der Waals surface area (Å²) in [6.07, 6.45) is -1.62. The summed E-state index contributed by atoms with van der Waals surface area (Å²) in [5.41, 5.74) is -0.400. The van der Waals surface area contributed by atoms with Crippen LogP contribution >= 0.6 is 0 Å². The van der Waals surface area contributed by atoms with E-state index in [4.69, 9.17) is 0 Å². The van der Waals surface area contributed by atoms with E-state index in [1.165, 1.54) is 12.3 Å². The Hall–Kier alpha value is -3.29. The molecule has 1 fully saturated rings. The number of benzene rings is 2. The Labute approximate surface area is 183 Å². The molecule has 2 N–H and O–H groups in total. The minimum absolute atomic E-state index is 0.130. The Morgan fingerprint density at radius 2 is 1.81 bits per heavy atom. The molecule has 1 saturated heterocycles. The highest BCUT2D eigenvalue weighted by atomic mass is 19.4. The second kappa shape index (κ2) is 8.00. The van der Waals surface area contributed by atoms with E-state index in [2.05, 4.69) is 10.3 Å². The van der Waals surface area contributed by atoms with Gasteiger partial charge in [0.15, 0.2) is 0 Å². The summed E-state index contributed by atoms with van der Waals surface area (Å²) in [4.78, 5) is 30.5. The fourth-order valence-electron chi connectivity index (χ4n) is 4.54. The first kappa shape index (κ1) is 21.9. The van der Waals surface area contributed by atoms with Gasteiger partial charge in [-0.3, -0.25) is 9.59 Å². The van der Waals surface area contributed by atoms with Crippen LogP contribution in [0.2, 0.25) is 0 Å². The number of carbonyl (C=O) groups is 1. The molecule has 0 radical (unpaired) electrons. The van der Waals surface area contributed by atoms with E-state index >= 15 is 0 Å². The van der Waals surface area contributed by atoms with E-state index < -0.39 is 23.1 Å². The van der Waals surface area contributed by atoms with Crippen LogP contribution in [0.15, 0.2) is 47.4 Å². The van der Waals surface area contributed by atoms with Crippen LogP contribution in [0.4, 0.5) is 24.5 Å². The third-order valence-electron chi connectivity index (χ3n) is 6.17. The van der Waals surface area contributed by atoms with Crippen LogP contribution in [0, 0.1) is 6.92 Å². The van der Waals surface area contributed by atoms with Gasteiger partial charge in [-0.15, -0.1) is 0 Å². The fourth-order valence-corrected chi connectivity index (χ4v) is 4.54. The molecule has 0 bridgehead atoms. The number of rotatable bonds is 3. The van der Waals surface area contributed by atoms with Crippen molar-refractivity contribution in [2.75, 3.05) is 10.2 Å². The predicted molar refractivity (Wildman–Crippen MR) is 119 cm³/mol. The molecule has 4 rings (SSSR count). The lowest BCUT2D eigenvalue weighted by atomic mass is 10.1. The molecule has 1 aliphatic heterocycles. The highest BCUT2D eigenvalue weighted by molar-refractivity contribution is 6.06. The third kappa shape index (κ3) is 3.85. The molecule has 5 nitrogen and oxygen atoms in total. The number of aromatic nitrogens is 1. The summed E-state index contributed by atoms with van der Waals surface area (Å²) >= 11 is 0. The summed E-state index contributed by atoms with van der Waals surface area (Å²) in [5.74, 6) is -0.891. The van der Waals surface area contributed by atoms with Gasteiger partial charge in [0, 0.05) is 34.9 Å². The fraction of sp³-hybridized carbons (Fsp3) is 0.333. The van der Waals surface area contributed by atoms with E-state index in [0.717, 1.165) is 18.9 Å². The molecule has 1 aromatic heterocycles. The number of aryl methyl sites for hydroxylation is 1. The van der Waals surface area contributed by atoms with Gasteiger partial charge in [0.2, 0.25) is 5.43 Å². The Bertz CT molecular complexity index is 1240. The molecular weight excluding hydrogens is 419 g/mol. The minimum Gasteiger partial charge on any atom is -0.366 e. The van der Waals surface area contributed by atoms with E-state index in [1.807, 2.05) is 18.7 Å². The Balaban J connectivity index is 1.72. The van der Waals surface area contributed by atoms with Crippen molar-refractivity contribution < 1.29 is 18.0 Å². The molecule has 0 spiro atoms. The molecule has 0 saturated carbocycles. The van der Waals surface area contributed by atoms with Crippen molar-refractivity contribution in [1.82, 2.24) is 4.98 Å². The SMILES string of the molecule is Cc1cccc2[nH]cc(C(=O)Nc3ccc(N4[C@@H](C)CC[C@@H]4C)cc3C(F)(F)F)c(=O)c12. The summed E-state index contributed by atoms with van der Waals surface area (Å²) in [5, 5.41) is 2.64. The molecule has 168 valence electrons. The second-order valence-electron chi connectivity index (χ2n) is 8.39. The Morgan fingerprint density at radius 3 is 2.47 bits per heavy atom. The smallest absolute Gasteiger partial charge is 0.366 e. The highest BCUT2D eigenvalue weighted by Crippen LogP contribution is 2.39. The maximum Gasteiger partial charge on any atom is 0.418 e. The number of halogens is 3. The average Bonchev–Trinajstić information content (AvgIpc) is 3.06. The standard InChI is InChI=1S/C24H24F3N3O2/c1-13-5-4-6-20-21(13)22(31)17(12-28-20)23(32)29-19-10-9-16(11-18(19)24(25,26)27)30-14(2)7-8-15(30)3/h4-6,9-12,14-15H,7-8H2,1-3H3,(H,28,31)(H,29,32)/t14-,15-/m0/s1. The number of carbonyl (C=O) groups excluding carboxylic acids is 1. The molecule has 2 heterocycles. The van der Waals surface area contributed by atoms with Crippen molar-refractivity contribution >= 4 is 28.2 Å². The van der Waals surface area contributed by atoms with Gasteiger partial charge in [0.1, 0.15) is 5.56 Å². The van der Waals surface area contributed by atoms with Gasteiger partial charge in [-0.05, 0) is 63.4 Å². The number of nitrogens with zero attached hydrogens (tertiary/aromatic N) is 1. The molecule has 1 amide bonds. The van der Waals surface area contributed by atoms with Crippen molar-refractivity contribution in [2.45, 2.75) is 51.9 Å². The number of hydrogen-bond acceptors (Lipinski definition) is 3. The van der Waals surface area contributed by atoms with E-state index in [-0.39, 0.29) is 23.3 Å². The molecule has 32 heavy (non-hydrogen) atoms. The van der Waals surface area contributed by atoms with Crippen LogP contribution in [0.3, 0.4) is 0 Å². The number of nitrogens with one attached hydrogen (secondary N) is 2. The number of pyridine rings is 1. The number of fused-ring (bicyclic) bond motifs is 1. The monoisotopic (exact) mass is 443 g/mol. The first-order valence-electron chi connectivity index (χ1n) is 10.5. The molecule has 3 aromatic rings. The Kier molecular flexibility index (Phi) is 5.48. The van der Waals surface area contributed by atoms with E-state index in [1.54, 1.807) is 31.2 Å². The van der Waals surface area contributed by atoms with E-state index in [9.17, 15) is 22.8 Å². The topological polar surface area (TPSA) is 65.2 Å². The van der Waals surface area contributed by atoms with Gasteiger partial charge in [-0.1, -0.05) is 12.1 Å². The second-order valence-corrected chi connectivity index (χ2v) is 8.39. The van der Waals surface area contributed by atoms with Crippen LogP contribution in [0.5, 0.6) is 0 Å². The number of anilines is 2. The zero-order valence-corrected chi connectivity index (χ0v) is 18.0. The third-order valence-corrected chi connectivity index (χ3v) is 6.17. The average molecular weight is 443 g/mol. The summed E-state index contributed by atoms with van der Waals surface area (Å²) in [6.45, 7) is 5.71. The van der Waals surface area contributed by atoms with Gasteiger partial charge in [0.05, 0.1) is 11.3 Å². The number of aromatic amines is 1. The zero-order chi connectivity index (χ0) is 23.2. The van der Waals surface area contributed by atoms with Gasteiger partial charge in [-0.25, -0.2) is 0 Å². The molecule has 8 heteroatoms. The van der Waals surface area contributed by atoms with Crippen molar-refractivity contribution in [1.29, 1.82) is 0 Å². The van der Waals surface area contributed by atoms with Crippen LogP contribution < -0.4 is 15.6 Å². The maximum atomic E-state index is 13.9. The first-order valence-corrected chi connectivity index (χ1v) is 10.5.